The van der Waals surface area contributed by atoms with E-state index in [1.807, 2.05) is 42.8 Å². The maximum Gasteiger partial charge on any atom is 0.273 e. The van der Waals surface area contributed by atoms with Crippen LogP contribution in [0.2, 0.25) is 0 Å². The van der Waals surface area contributed by atoms with Gasteiger partial charge in [-0.3, -0.25) is 4.79 Å². The van der Waals surface area contributed by atoms with Crippen molar-refractivity contribution in [2.24, 2.45) is 0 Å². The van der Waals surface area contributed by atoms with E-state index in [4.69, 9.17) is 0 Å². The highest BCUT2D eigenvalue weighted by Crippen LogP contribution is 2.19. The molecule has 7 heteroatoms. The zero-order chi connectivity index (χ0) is 16.2. The van der Waals surface area contributed by atoms with Crippen LogP contribution in [-0.4, -0.2) is 34.0 Å². The van der Waals surface area contributed by atoms with E-state index in [0.717, 1.165) is 31.5 Å². The molecule has 1 aliphatic rings. The Bertz CT molecular complexity index is 681. The Balaban J connectivity index is 0.00000208. The second-order valence-corrected chi connectivity index (χ2v) is 6.12. The number of benzene rings is 1. The van der Waals surface area contributed by atoms with Crippen molar-refractivity contribution in [3.63, 3.8) is 0 Å². The lowest BCUT2D eigenvalue weighted by molar-refractivity contribution is 0.0934. The highest BCUT2D eigenvalue weighted by atomic mass is 35.5. The summed E-state index contributed by atoms with van der Waals surface area (Å²) >= 11 is 0. The number of rotatable bonds is 4. The third kappa shape index (κ3) is 4.13. The molecule has 2 aromatic rings. The van der Waals surface area contributed by atoms with Crippen LogP contribution in [0.15, 0.2) is 30.5 Å². The Morgan fingerprint density at radius 1 is 1.33 bits per heavy atom. The minimum atomic E-state index is -0.180. The van der Waals surface area contributed by atoms with Crippen molar-refractivity contribution in [3.8, 4) is 0 Å². The highest BCUT2D eigenvalue weighted by Gasteiger charge is 2.20. The van der Waals surface area contributed by atoms with Crippen LogP contribution in [-0.2, 0) is 0 Å². The zero-order valence-electron chi connectivity index (χ0n) is 14.0. The van der Waals surface area contributed by atoms with Gasteiger partial charge in [-0.2, -0.15) is 0 Å². The van der Waals surface area contributed by atoms with E-state index in [1.54, 1.807) is 6.20 Å². The summed E-state index contributed by atoms with van der Waals surface area (Å²) in [7, 11) is 0. The van der Waals surface area contributed by atoms with Crippen molar-refractivity contribution < 1.29 is 4.79 Å². The minimum Gasteiger partial charge on any atom is -0.344 e. The van der Waals surface area contributed by atoms with Crippen molar-refractivity contribution in [2.45, 2.75) is 38.8 Å². The number of nitrogens with zero attached hydrogens (tertiary/aromatic N) is 3. The Kier molecular flexibility index (Phi) is 6.34. The molecule has 0 saturated carbocycles. The first-order valence-electron chi connectivity index (χ1n) is 8.14. The summed E-state index contributed by atoms with van der Waals surface area (Å²) < 4.78 is 1.83. The van der Waals surface area contributed by atoms with E-state index in [1.165, 1.54) is 5.56 Å². The molecule has 2 heterocycles. The smallest absolute Gasteiger partial charge is 0.273 e. The summed E-state index contributed by atoms with van der Waals surface area (Å²) in [6.45, 7) is 6.00. The van der Waals surface area contributed by atoms with E-state index in [-0.39, 0.29) is 24.4 Å². The predicted molar refractivity (Wildman–Crippen MR) is 95.5 cm³/mol. The molecule has 24 heavy (non-hydrogen) atoms. The van der Waals surface area contributed by atoms with Crippen LogP contribution in [0.25, 0.3) is 0 Å². The summed E-state index contributed by atoms with van der Waals surface area (Å²) in [5, 5.41) is 14.5. The van der Waals surface area contributed by atoms with Gasteiger partial charge < -0.3 is 10.6 Å². The lowest BCUT2D eigenvalue weighted by Crippen LogP contribution is -2.29. The maximum absolute atomic E-state index is 12.4. The number of amides is 1. The molecule has 1 aromatic carbocycles. The van der Waals surface area contributed by atoms with Gasteiger partial charge in [0, 0.05) is 0 Å². The average Bonchev–Trinajstić information content (AvgIpc) is 3.06. The van der Waals surface area contributed by atoms with E-state index in [9.17, 15) is 4.79 Å². The molecule has 1 unspecified atom stereocenters. The van der Waals surface area contributed by atoms with Gasteiger partial charge in [-0.15, -0.1) is 17.5 Å². The first-order chi connectivity index (χ1) is 11.1. The molecule has 6 nitrogen and oxygen atoms in total. The van der Waals surface area contributed by atoms with Crippen molar-refractivity contribution in [3.05, 3.63) is 47.3 Å². The quantitative estimate of drug-likeness (QED) is 0.889. The second-order valence-electron chi connectivity index (χ2n) is 6.12. The number of hydrogen-bond donors (Lipinski definition) is 2. The molecule has 1 aromatic heterocycles. The Morgan fingerprint density at radius 3 is 2.75 bits per heavy atom. The number of carbonyl (C=O) groups excluding carboxylic acids is 1. The first kappa shape index (κ1) is 18.4. The molecule has 3 rings (SSSR count). The predicted octanol–water partition coefficient (Wildman–Crippen LogP) is 2.42. The zero-order valence-corrected chi connectivity index (χ0v) is 14.8. The molecule has 1 amide bonds. The van der Waals surface area contributed by atoms with Gasteiger partial charge in [0.05, 0.1) is 18.3 Å². The van der Waals surface area contributed by atoms with Crippen LogP contribution in [0.5, 0.6) is 0 Å². The van der Waals surface area contributed by atoms with Crippen molar-refractivity contribution >= 4 is 18.3 Å². The van der Waals surface area contributed by atoms with Gasteiger partial charge in [-0.1, -0.05) is 29.5 Å². The van der Waals surface area contributed by atoms with Crippen LogP contribution in [0.4, 0.5) is 0 Å². The van der Waals surface area contributed by atoms with E-state index in [2.05, 4.69) is 20.9 Å². The van der Waals surface area contributed by atoms with Gasteiger partial charge >= 0.3 is 0 Å². The SMILES string of the molecule is Cc1ccccc1C(C)NC(=O)c1cn(C2CCNCC2)nn1.Cl. The highest BCUT2D eigenvalue weighted by molar-refractivity contribution is 5.92. The van der Waals surface area contributed by atoms with E-state index in [0.29, 0.717) is 11.7 Å². The molecule has 1 saturated heterocycles. The molecule has 1 aliphatic heterocycles. The molecule has 0 aliphatic carbocycles. The van der Waals surface area contributed by atoms with Crippen molar-refractivity contribution in [2.75, 3.05) is 13.1 Å². The fourth-order valence-corrected chi connectivity index (χ4v) is 3.05. The van der Waals surface area contributed by atoms with Gasteiger partial charge in [0.15, 0.2) is 5.69 Å². The first-order valence-corrected chi connectivity index (χ1v) is 8.14. The summed E-state index contributed by atoms with van der Waals surface area (Å²) in [4.78, 5) is 12.4. The molecular formula is C17H24ClN5O. The molecule has 0 bridgehead atoms. The molecule has 0 spiro atoms. The topological polar surface area (TPSA) is 71.8 Å². The molecule has 1 fully saturated rings. The average molecular weight is 350 g/mol. The molecule has 2 N–H and O–H groups in total. The van der Waals surface area contributed by atoms with Gasteiger partial charge in [0.25, 0.3) is 5.91 Å². The summed E-state index contributed by atoms with van der Waals surface area (Å²) in [5.74, 6) is -0.180. The van der Waals surface area contributed by atoms with Gasteiger partial charge in [0.2, 0.25) is 0 Å². The number of nitrogens with one attached hydrogen (secondary N) is 2. The van der Waals surface area contributed by atoms with Crippen LogP contribution >= 0.6 is 12.4 Å². The number of hydrogen-bond acceptors (Lipinski definition) is 4. The van der Waals surface area contributed by atoms with Gasteiger partial charge in [-0.25, -0.2) is 4.68 Å². The lowest BCUT2D eigenvalue weighted by Gasteiger charge is -2.22. The van der Waals surface area contributed by atoms with Crippen molar-refractivity contribution in [1.82, 2.24) is 25.6 Å². The number of aryl methyl sites for hydroxylation is 1. The molecule has 0 radical (unpaired) electrons. The second kappa shape index (κ2) is 8.26. The monoisotopic (exact) mass is 349 g/mol. The summed E-state index contributed by atoms with van der Waals surface area (Å²) in [6.07, 6.45) is 3.80. The molecule has 130 valence electrons. The van der Waals surface area contributed by atoms with Gasteiger partial charge in [-0.05, 0) is 50.9 Å². The van der Waals surface area contributed by atoms with Crippen LogP contribution in [0.1, 0.15) is 53.5 Å². The third-order valence-electron chi connectivity index (χ3n) is 4.43. The van der Waals surface area contributed by atoms with Crippen LogP contribution in [0, 0.1) is 6.92 Å². The van der Waals surface area contributed by atoms with Crippen LogP contribution in [0.3, 0.4) is 0 Å². The summed E-state index contributed by atoms with van der Waals surface area (Å²) in [5.41, 5.74) is 2.66. The third-order valence-corrected chi connectivity index (χ3v) is 4.43. The van der Waals surface area contributed by atoms with Gasteiger partial charge in [0.1, 0.15) is 0 Å². The molecular weight excluding hydrogens is 326 g/mol. The largest absolute Gasteiger partial charge is 0.344 e. The van der Waals surface area contributed by atoms with Crippen molar-refractivity contribution in [1.29, 1.82) is 0 Å². The fourth-order valence-electron chi connectivity index (χ4n) is 3.05. The minimum absolute atomic E-state index is 0. The Morgan fingerprint density at radius 2 is 2.04 bits per heavy atom. The van der Waals surface area contributed by atoms with Crippen LogP contribution < -0.4 is 10.6 Å². The fraction of sp³-hybridized carbons (Fsp3) is 0.471. The van der Waals surface area contributed by atoms with E-state index < -0.39 is 0 Å². The number of carbonyl (C=O) groups is 1. The molecule has 1 atom stereocenters. The number of piperidine rings is 1. The Hall–Kier alpha value is -1.92. The van der Waals surface area contributed by atoms with E-state index >= 15 is 0 Å². The number of halogens is 1. The standard InChI is InChI=1S/C17H23N5O.ClH/c1-12-5-3-4-6-15(12)13(2)19-17(23)16-11-22(21-20-16)14-7-9-18-10-8-14;/h3-6,11,13-14,18H,7-10H2,1-2H3,(H,19,23);1H. The normalized spacial score (nSPS) is 16.2. The maximum atomic E-state index is 12.4. The lowest BCUT2D eigenvalue weighted by atomic mass is 10.0. The summed E-state index contributed by atoms with van der Waals surface area (Å²) in [6, 6.07) is 8.33. The number of aromatic nitrogens is 3. The Labute approximate surface area is 148 Å².